The van der Waals surface area contributed by atoms with Gasteiger partial charge in [-0.2, -0.15) is 9.90 Å². The van der Waals surface area contributed by atoms with Crippen molar-refractivity contribution in [3.63, 3.8) is 0 Å². The van der Waals surface area contributed by atoms with Crippen molar-refractivity contribution in [1.82, 2.24) is 30.0 Å². The molecule has 102 valence electrons. The molecule has 0 saturated carbocycles. The third kappa shape index (κ3) is 2.19. The van der Waals surface area contributed by atoms with E-state index >= 15 is 0 Å². The summed E-state index contributed by atoms with van der Waals surface area (Å²) in [5.74, 6) is 0.496. The molecule has 0 N–H and O–H groups in total. The quantitative estimate of drug-likeness (QED) is 0.755. The van der Waals surface area contributed by atoms with Crippen LogP contribution in [-0.4, -0.2) is 30.0 Å². The Morgan fingerprint density at radius 2 is 2.10 bits per heavy atom. The van der Waals surface area contributed by atoms with Gasteiger partial charge in [-0.3, -0.25) is 0 Å². The molecule has 0 fully saturated rings. The van der Waals surface area contributed by atoms with Gasteiger partial charge in [0.05, 0.1) is 29.0 Å². The Labute approximate surface area is 125 Å². The molecule has 3 aromatic rings. The molecule has 0 saturated heterocycles. The molecule has 0 aliphatic rings. The van der Waals surface area contributed by atoms with Gasteiger partial charge in [0.2, 0.25) is 5.82 Å². The highest BCUT2D eigenvalue weighted by atomic mass is 35.5. The van der Waals surface area contributed by atoms with Gasteiger partial charge >= 0.3 is 0 Å². The van der Waals surface area contributed by atoms with E-state index in [1.165, 1.54) is 4.80 Å². The van der Waals surface area contributed by atoms with Crippen LogP contribution in [0, 0.1) is 0 Å². The summed E-state index contributed by atoms with van der Waals surface area (Å²) in [6, 6.07) is 7.43. The lowest BCUT2D eigenvalue weighted by Crippen LogP contribution is -1.98. The normalized spacial score (nSPS) is 10.9. The molecule has 0 unspecified atom stereocenters. The number of thiol groups is 1. The van der Waals surface area contributed by atoms with Crippen LogP contribution < -0.4 is 0 Å². The number of nitrogens with zero attached hydrogens (tertiary/aromatic N) is 6. The summed E-state index contributed by atoms with van der Waals surface area (Å²) in [7, 11) is 0. The second-order valence-corrected chi connectivity index (χ2v) is 4.88. The average Bonchev–Trinajstić information content (AvgIpc) is 3.06. The van der Waals surface area contributed by atoms with Gasteiger partial charge in [0.25, 0.3) is 0 Å². The minimum absolute atomic E-state index is 0.496. The highest BCUT2D eigenvalue weighted by Crippen LogP contribution is 2.28. The molecular formula is C12H11ClN6S. The number of hydrogen-bond acceptors (Lipinski definition) is 5. The van der Waals surface area contributed by atoms with Crippen LogP contribution >= 0.6 is 24.2 Å². The van der Waals surface area contributed by atoms with Crippen LogP contribution in [0.15, 0.2) is 35.5 Å². The first-order chi connectivity index (χ1) is 9.70. The van der Waals surface area contributed by atoms with Gasteiger partial charge in [0.15, 0.2) is 0 Å². The van der Waals surface area contributed by atoms with Crippen LogP contribution in [0.5, 0.6) is 0 Å². The van der Waals surface area contributed by atoms with E-state index in [4.69, 9.17) is 11.6 Å². The highest BCUT2D eigenvalue weighted by molar-refractivity contribution is 7.80. The van der Waals surface area contributed by atoms with Crippen LogP contribution in [0.4, 0.5) is 0 Å². The Hall–Kier alpha value is -1.86. The Balaban J connectivity index is 2.07. The Morgan fingerprint density at radius 1 is 1.30 bits per heavy atom. The smallest absolute Gasteiger partial charge is 0.209 e. The lowest BCUT2D eigenvalue weighted by molar-refractivity contribution is 0.552. The van der Waals surface area contributed by atoms with E-state index in [0.717, 1.165) is 5.69 Å². The Kier molecular flexibility index (Phi) is 3.45. The third-order valence-electron chi connectivity index (χ3n) is 2.80. The first-order valence-electron chi connectivity index (χ1n) is 6.00. The van der Waals surface area contributed by atoms with Crippen LogP contribution in [0.3, 0.4) is 0 Å². The molecule has 6 nitrogen and oxygen atoms in total. The molecule has 0 bridgehead atoms. The SMILES string of the molecule is CCn1nnc(-c2cnn(-c3ccccc3Cl)c2S)n1. The second-order valence-electron chi connectivity index (χ2n) is 4.05. The van der Waals surface area contributed by atoms with Crippen molar-refractivity contribution in [2.75, 3.05) is 0 Å². The average molecular weight is 307 g/mol. The third-order valence-corrected chi connectivity index (χ3v) is 3.55. The van der Waals surface area contributed by atoms with Crippen molar-refractivity contribution in [1.29, 1.82) is 0 Å². The van der Waals surface area contributed by atoms with Gasteiger partial charge in [-0.15, -0.1) is 22.8 Å². The maximum absolute atomic E-state index is 6.17. The van der Waals surface area contributed by atoms with Gasteiger partial charge in [-0.25, -0.2) is 4.68 Å². The van der Waals surface area contributed by atoms with Crippen molar-refractivity contribution in [2.45, 2.75) is 18.5 Å². The van der Waals surface area contributed by atoms with Crippen molar-refractivity contribution in [2.24, 2.45) is 0 Å². The first-order valence-corrected chi connectivity index (χ1v) is 6.83. The second kappa shape index (κ2) is 5.26. The molecule has 3 rings (SSSR count). The topological polar surface area (TPSA) is 61.4 Å². The maximum Gasteiger partial charge on any atom is 0.209 e. The van der Waals surface area contributed by atoms with Crippen LogP contribution in [0.25, 0.3) is 17.1 Å². The van der Waals surface area contributed by atoms with E-state index in [0.29, 0.717) is 28.0 Å². The molecule has 0 atom stereocenters. The summed E-state index contributed by atoms with van der Waals surface area (Å²) in [6.45, 7) is 2.60. The molecule has 0 spiro atoms. The molecule has 0 amide bonds. The largest absolute Gasteiger partial charge is 0.225 e. The number of hydrogen-bond donors (Lipinski definition) is 1. The Morgan fingerprint density at radius 3 is 2.80 bits per heavy atom. The zero-order chi connectivity index (χ0) is 14.1. The summed E-state index contributed by atoms with van der Waals surface area (Å²) < 4.78 is 1.65. The number of aromatic nitrogens is 6. The highest BCUT2D eigenvalue weighted by Gasteiger charge is 2.16. The van der Waals surface area contributed by atoms with Gasteiger partial charge in [-0.1, -0.05) is 23.7 Å². The molecular weight excluding hydrogens is 296 g/mol. The minimum atomic E-state index is 0.496. The zero-order valence-electron chi connectivity index (χ0n) is 10.6. The fourth-order valence-electron chi connectivity index (χ4n) is 1.78. The molecule has 20 heavy (non-hydrogen) atoms. The molecule has 1 aromatic carbocycles. The van der Waals surface area contributed by atoms with E-state index in [-0.39, 0.29) is 0 Å². The maximum atomic E-state index is 6.17. The van der Waals surface area contributed by atoms with Gasteiger partial charge < -0.3 is 0 Å². The van der Waals surface area contributed by atoms with Crippen molar-refractivity contribution >= 4 is 24.2 Å². The summed E-state index contributed by atoms with van der Waals surface area (Å²) >= 11 is 10.7. The van der Waals surface area contributed by atoms with Crippen LogP contribution in [-0.2, 0) is 6.54 Å². The van der Waals surface area contributed by atoms with Crippen molar-refractivity contribution < 1.29 is 0 Å². The predicted molar refractivity (Wildman–Crippen MR) is 78.3 cm³/mol. The molecule has 2 aromatic heterocycles. The molecule has 0 aliphatic carbocycles. The van der Waals surface area contributed by atoms with Gasteiger partial charge in [0.1, 0.15) is 5.03 Å². The number of para-hydroxylation sites is 1. The molecule has 2 heterocycles. The standard InChI is InChI=1S/C12H11ClN6S/c1-2-18-16-11(15-17-18)8-7-14-19(12(8)20)10-6-4-3-5-9(10)13/h3-7,20H,2H2,1H3. The summed E-state index contributed by atoms with van der Waals surface area (Å²) in [5, 5.41) is 17.7. The summed E-state index contributed by atoms with van der Waals surface area (Å²) in [6.07, 6.45) is 1.66. The first kappa shape index (κ1) is 13.1. The summed E-state index contributed by atoms with van der Waals surface area (Å²) in [5.41, 5.74) is 1.47. The van der Waals surface area contributed by atoms with Crippen molar-refractivity contribution in [3.05, 3.63) is 35.5 Å². The van der Waals surface area contributed by atoms with Crippen LogP contribution in [0.2, 0.25) is 5.02 Å². The minimum Gasteiger partial charge on any atom is -0.225 e. The van der Waals surface area contributed by atoms with E-state index in [9.17, 15) is 0 Å². The van der Waals surface area contributed by atoms with Gasteiger partial charge in [0, 0.05) is 0 Å². The lowest BCUT2D eigenvalue weighted by Gasteiger charge is -2.05. The monoisotopic (exact) mass is 306 g/mol. The van der Waals surface area contributed by atoms with E-state index < -0.39 is 0 Å². The fourth-order valence-corrected chi connectivity index (χ4v) is 2.32. The number of benzene rings is 1. The number of aryl methyl sites for hydroxylation is 1. The Bertz CT molecular complexity index is 750. The van der Waals surface area contributed by atoms with E-state index in [2.05, 4.69) is 33.1 Å². The zero-order valence-corrected chi connectivity index (χ0v) is 12.3. The number of rotatable bonds is 3. The van der Waals surface area contributed by atoms with E-state index in [1.807, 2.05) is 25.1 Å². The summed E-state index contributed by atoms with van der Waals surface area (Å²) in [4.78, 5) is 1.51. The number of tetrazole rings is 1. The van der Waals surface area contributed by atoms with Crippen molar-refractivity contribution in [3.8, 4) is 17.1 Å². The lowest BCUT2D eigenvalue weighted by atomic mass is 10.3. The van der Waals surface area contributed by atoms with Gasteiger partial charge in [-0.05, 0) is 24.3 Å². The van der Waals surface area contributed by atoms with Crippen LogP contribution in [0.1, 0.15) is 6.92 Å². The number of halogens is 1. The van der Waals surface area contributed by atoms with E-state index in [1.54, 1.807) is 16.9 Å². The predicted octanol–water partition coefficient (Wildman–Crippen LogP) is 2.49. The molecule has 0 radical (unpaired) electrons. The molecule has 0 aliphatic heterocycles. The fraction of sp³-hybridized carbons (Fsp3) is 0.167. The molecule has 8 heteroatoms.